The minimum absolute atomic E-state index is 0.159. The fourth-order valence-electron chi connectivity index (χ4n) is 3.28. The van der Waals surface area contributed by atoms with E-state index in [1.54, 1.807) is 19.3 Å². The van der Waals surface area contributed by atoms with Crippen molar-refractivity contribution in [2.75, 3.05) is 70.3 Å². The van der Waals surface area contributed by atoms with Crippen LogP contribution in [0.5, 0.6) is 0 Å². The van der Waals surface area contributed by atoms with Crippen LogP contribution >= 0.6 is 0 Å². The Hall–Kier alpha value is -2.42. The number of anilines is 1. The molecule has 0 aromatic carbocycles. The maximum atomic E-state index is 11.3. The summed E-state index contributed by atoms with van der Waals surface area (Å²) < 4.78 is 0. The van der Waals surface area contributed by atoms with E-state index in [4.69, 9.17) is 5.73 Å². The van der Waals surface area contributed by atoms with Crippen LogP contribution < -0.4 is 10.6 Å². The van der Waals surface area contributed by atoms with Gasteiger partial charge in [0, 0.05) is 78.2 Å². The van der Waals surface area contributed by atoms with Crippen LogP contribution in [0.3, 0.4) is 0 Å². The van der Waals surface area contributed by atoms with Crippen LogP contribution in [0.1, 0.15) is 6.92 Å². The highest BCUT2D eigenvalue weighted by Gasteiger charge is 2.20. The van der Waals surface area contributed by atoms with Crippen molar-refractivity contribution in [1.29, 1.82) is 0 Å². The van der Waals surface area contributed by atoms with E-state index in [1.165, 1.54) is 0 Å². The van der Waals surface area contributed by atoms with E-state index in [9.17, 15) is 4.79 Å². The molecule has 2 saturated heterocycles. The quantitative estimate of drug-likeness (QED) is 0.548. The Bertz CT molecular complexity index is 606. The number of hydrogen-bond acceptors (Lipinski definition) is 6. The molecule has 9 heteroatoms. The molecule has 0 aliphatic carbocycles. The molecule has 0 radical (unpaired) electrons. The van der Waals surface area contributed by atoms with E-state index in [2.05, 4.69) is 29.7 Å². The van der Waals surface area contributed by atoms with E-state index in [1.807, 2.05) is 11.0 Å². The third-order valence-corrected chi connectivity index (χ3v) is 4.95. The molecule has 2 fully saturated rings. The molecule has 0 saturated carbocycles. The summed E-state index contributed by atoms with van der Waals surface area (Å²) in [6.07, 6.45) is 3.53. The summed E-state index contributed by atoms with van der Waals surface area (Å²) >= 11 is 0. The van der Waals surface area contributed by atoms with Gasteiger partial charge in [-0.1, -0.05) is 0 Å². The highest BCUT2D eigenvalue weighted by Crippen LogP contribution is 2.09. The van der Waals surface area contributed by atoms with Crippen molar-refractivity contribution in [2.45, 2.75) is 6.92 Å². The average molecular weight is 360 g/mol. The molecule has 0 bridgehead atoms. The van der Waals surface area contributed by atoms with Gasteiger partial charge in [0.15, 0.2) is 5.96 Å². The van der Waals surface area contributed by atoms with Gasteiger partial charge in [-0.2, -0.15) is 0 Å². The van der Waals surface area contributed by atoms with Gasteiger partial charge in [0.1, 0.15) is 0 Å². The molecule has 1 aromatic heterocycles. The highest BCUT2D eigenvalue weighted by atomic mass is 16.2. The van der Waals surface area contributed by atoms with Gasteiger partial charge in [-0.3, -0.25) is 14.7 Å². The Labute approximate surface area is 154 Å². The predicted molar refractivity (Wildman–Crippen MR) is 101 cm³/mol. The van der Waals surface area contributed by atoms with Gasteiger partial charge in [0.05, 0.1) is 6.54 Å². The second-order valence-corrected chi connectivity index (χ2v) is 6.61. The van der Waals surface area contributed by atoms with Crippen LogP contribution in [0.15, 0.2) is 23.5 Å². The van der Waals surface area contributed by atoms with E-state index in [0.717, 1.165) is 64.9 Å². The minimum Gasteiger partial charge on any atom is -0.370 e. The molecule has 0 atom stereocenters. The Morgan fingerprint density at radius 3 is 2.27 bits per heavy atom. The topological polar surface area (TPSA) is 94.2 Å². The molecule has 3 heterocycles. The van der Waals surface area contributed by atoms with Crippen molar-refractivity contribution in [1.82, 2.24) is 24.7 Å². The SMILES string of the molecule is CC(=O)N1CCN(CCN=C(N)N2CCN(c3ncccn3)CC2)CC1. The lowest BCUT2D eigenvalue weighted by Crippen LogP contribution is -2.52. The Morgan fingerprint density at radius 1 is 1.04 bits per heavy atom. The van der Waals surface area contributed by atoms with Gasteiger partial charge in [0.2, 0.25) is 11.9 Å². The van der Waals surface area contributed by atoms with Crippen LogP contribution in [-0.4, -0.2) is 102 Å². The lowest BCUT2D eigenvalue weighted by molar-refractivity contribution is -0.130. The normalized spacial score (nSPS) is 19.7. The number of guanidine groups is 1. The van der Waals surface area contributed by atoms with Crippen molar-refractivity contribution in [3.05, 3.63) is 18.5 Å². The first-order chi connectivity index (χ1) is 12.6. The van der Waals surface area contributed by atoms with Gasteiger partial charge < -0.3 is 20.4 Å². The van der Waals surface area contributed by atoms with Crippen molar-refractivity contribution in [2.24, 2.45) is 10.7 Å². The number of rotatable bonds is 4. The number of carbonyl (C=O) groups is 1. The predicted octanol–water partition coefficient (Wildman–Crippen LogP) is -0.923. The molecule has 2 aliphatic rings. The van der Waals surface area contributed by atoms with Crippen LogP contribution in [0, 0.1) is 0 Å². The highest BCUT2D eigenvalue weighted by molar-refractivity contribution is 5.78. The largest absolute Gasteiger partial charge is 0.370 e. The number of piperazine rings is 2. The van der Waals surface area contributed by atoms with E-state index >= 15 is 0 Å². The summed E-state index contributed by atoms with van der Waals surface area (Å²) in [6.45, 7) is 9.95. The van der Waals surface area contributed by atoms with Crippen LogP contribution in [0.2, 0.25) is 0 Å². The zero-order valence-electron chi connectivity index (χ0n) is 15.4. The van der Waals surface area contributed by atoms with Gasteiger partial charge >= 0.3 is 0 Å². The smallest absolute Gasteiger partial charge is 0.225 e. The summed E-state index contributed by atoms with van der Waals surface area (Å²) in [5.74, 6) is 1.54. The maximum absolute atomic E-state index is 11.3. The first kappa shape index (κ1) is 18.4. The molecule has 26 heavy (non-hydrogen) atoms. The number of aliphatic imine (C=N–C) groups is 1. The molecule has 0 unspecified atom stereocenters. The summed E-state index contributed by atoms with van der Waals surface area (Å²) in [4.78, 5) is 33.0. The van der Waals surface area contributed by atoms with E-state index in [0.29, 0.717) is 12.5 Å². The molecule has 9 nitrogen and oxygen atoms in total. The first-order valence-corrected chi connectivity index (χ1v) is 9.18. The van der Waals surface area contributed by atoms with Gasteiger partial charge in [-0.15, -0.1) is 0 Å². The number of amides is 1. The Kier molecular flexibility index (Phi) is 6.21. The number of hydrogen-bond donors (Lipinski definition) is 1. The summed E-state index contributed by atoms with van der Waals surface area (Å²) in [5, 5.41) is 0. The number of nitrogens with zero attached hydrogens (tertiary/aromatic N) is 7. The van der Waals surface area contributed by atoms with E-state index < -0.39 is 0 Å². The molecular weight excluding hydrogens is 332 g/mol. The average Bonchev–Trinajstić information content (AvgIpc) is 2.69. The third-order valence-electron chi connectivity index (χ3n) is 4.95. The fourth-order valence-corrected chi connectivity index (χ4v) is 3.28. The standard InChI is InChI=1S/C17H28N8O/c1-15(26)23-9-7-22(8-10-23)6-5-19-16(18)24-11-13-25(14-12-24)17-20-3-2-4-21-17/h2-4H,5-14H2,1H3,(H2,18,19). The molecule has 1 aromatic rings. The summed E-state index contributed by atoms with van der Waals surface area (Å²) in [7, 11) is 0. The number of carbonyl (C=O) groups excluding carboxylic acids is 1. The Morgan fingerprint density at radius 2 is 1.65 bits per heavy atom. The Balaban J connectivity index is 1.38. The second-order valence-electron chi connectivity index (χ2n) is 6.61. The van der Waals surface area contributed by atoms with Crippen LogP contribution in [0.4, 0.5) is 5.95 Å². The number of aromatic nitrogens is 2. The zero-order valence-corrected chi connectivity index (χ0v) is 15.4. The monoisotopic (exact) mass is 360 g/mol. The molecule has 1 amide bonds. The lowest BCUT2D eigenvalue weighted by atomic mass is 10.3. The minimum atomic E-state index is 0.159. The first-order valence-electron chi connectivity index (χ1n) is 9.18. The van der Waals surface area contributed by atoms with Crippen LogP contribution in [0.25, 0.3) is 0 Å². The molecule has 2 N–H and O–H groups in total. The third kappa shape index (κ3) is 4.81. The fraction of sp³-hybridized carbons (Fsp3) is 0.647. The second kappa shape index (κ2) is 8.79. The molecule has 0 spiro atoms. The van der Waals surface area contributed by atoms with Gasteiger partial charge in [-0.25, -0.2) is 9.97 Å². The molecular formula is C17H28N8O. The van der Waals surface area contributed by atoms with Gasteiger partial charge in [-0.05, 0) is 6.07 Å². The van der Waals surface area contributed by atoms with Gasteiger partial charge in [0.25, 0.3) is 0 Å². The summed E-state index contributed by atoms with van der Waals surface area (Å²) in [6, 6.07) is 1.82. The zero-order chi connectivity index (χ0) is 18.4. The van der Waals surface area contributed by atoms with Crippen molar-refractivity contribution < 1.29 is 4.79 Å². The maximum Gasteiger partial charge on any atom is 0.225 e. The molecule has 2 aliphatic heterocycles. The van der Waals surface area contributed by atoms with Crippen LogP contribution in [-0.2, 0) is 4.79 Å². The van der Waals surface area contributed by atoms with E-state index in [-0.39, 0.29) is 5.91 Å². The van der Waals surface area contributed by atoms with Crippen molar-refractivity contribution in [3.8, 4) is 0 Å². The van der Waals surface area contributed by atoms with Crippen molar-refractivity contribution >= 4 is 17.8 Å². The summed E-state index contributed by atoms with van der Waals surface area (Å²) in [5.41, 5.74) is 6.16. The van der Waals surface area contributed by atoms with Crippen molar-refractivity contribution in [3.63, 3.8) is 0 Å². The lowest BCUT2D eigenvalue weighted by Gasteiger charge is -2.35. The molecule has 3 rings (SSSR count). The number of nitrogens with two attached hydrogens (primary N) is 1. The molecule has 142 valence electrons.